The molecule has 0 aliphatic heterocycles. The fourth-order valence-electron chi connectivity index (χ4n) is 1.40. The van der Waals surface area contributed by atoms with Crippen molar-refractivity contribution in [1.29, 1.82) is 0 Å². The largest absolute Gasteiger partial charge is 0.490 e. The summed E-state index contributed by atoms with van der Waals surface area (Å²) >= 11 is 3.51. The van der Waals surface area contributed by atoms with Gasteiger partial charge in [0.2, 0.25) is 0 Å². The molecule has 0 amide bonds. The van der Waals surface area contributed by atoms with Crippen LogP contribution >= 0.6 is 15.9 Å². The zero-order valence-electron chi connectivity index (χ0n) is 11.5. The third kappa shape index (κ3) is 4.96. The molecule has 2 N–H and O–H groups in total. The SMILES string of the molecule is CC(C)Oc1ccc(CNC(C)(C)CO)cc1Br. The minimum Gasteiger partial charge on any atom is -0.490 e. The zero-order valence-corrected chi connectivity index (χ0v) is 13.0. The molecule has 0 spiro atoms. The van der Waals surface area contributed by atoms with Crippen LogP contribution in [-0.2, 0) is 6.54 Å². The summed E-state index contributed by atoms with van der Waals surface area (Å²) in [5.41, 5.74) is 0.888. The van der Waals surface area contributed by atoms with Gasteiger partial charge in [-0.25, -0.2) is 0 Å². The van der Waals surface area contributed by atoms with E-state index >= 15 is 0 Å². The smallest absolute Gasteiger partial charge is 0.133 e. The molecular weight excluding hydrogens is 294 g/mol. The summed E-state index contributed by atoms with van der Waals surface area (Å²) in [6.45, 7) is 8.78. The number of hydrogen-bond acceptors (Lipinski definition) is 3. The Morgan fingerprint density at radius 3 is 2.56 bits per heavy atom. The van der Waals surface area contributed by atoms with Gasteiger partial charge in [-0.3, -0.25) is 0 Å². The van der Waals surface area contributed by atoms with Crippen molar-refractivity contribution in [1.82, 2.24) is 5.32 Å². The Kier molecular flexibility index (Phi) is 5.63. The number of aliphatic hydroxyl groups is 1. The summed E-state index contributed by atoms with van der Waals surface area (Å²) in [6, 6.07) is 6.04. The van der Waals surface area contributed by atoms with Crippen LogP contribution < -0.4 is 10.1 Å². The van der Waals surface area contributed by atoms with E-state index in [1.807, 2.05) is 45.9 Å². The molecule has 0 bridgehead atoms. The second-order valence-corrected chi connectivity index (χ2v) is 6.18. The van der Waals surface area contributed by atoms with Crippen LogP contribution in [0.2, 0.25) is 0 Å². The third-order valence-corrected chi connectivity index (χ3v) is 3.15. The van der Waals surface area contributed by atoms with Crippen LogP contribution in [0.15, 0.2) is 22.7 Å². The van der Waals surface area contributed by atoms with Crippen molar-refractivity contribution in [2.45, 2.75) is 45.9 Å². The van der Waals surface area contributed by atoms with Crippen molar-refractivity contribution in [2.24, 2.45) is 0 Å². The van der Waals surface area contributed by atoms with Gasteiger partial charge >= 0.3 is 0 Å². The molecule has 18 heavy (non-hydrogen) atoms. The fourth-order valence-corrected chi connectivity index (χ4v) is 1.92. The number of halogens is 1. The second kappa shape index (κ2) is 6.55. The van der Waals surface area contributed by atoms with Crippen LogP contribution in [0.1, 0.15) is 33.3 Å². The molecule has 102 valence electrons. The molecule has 1 rings (SSSR count). The van der Waals surface area contributed by atoms with Gasteiger partial charge in [0.05, 0.1) is 17.2 Å². The number of benzene rings is 1. The van der Waals surface area contributed by atoms with E-state index in [-0.39, 0.29) is 18.2 Å². The summed E-state index contributed by atoms with van der Waals surface area (Å²) in [6.07, 6.45) is 0.165. The maximum atomic E-state index is 9.18. The number of hydrogen-bond donors (Lipinski definition) is 2. The highest BCUT2D eigenvalue weighted by atomic mass is 79.9. The first-order valence-corrected chi connectivity index (χ1v) is 6.94. The summed E-state index contributed by atoms with van der Waals surface area (Å²) in [5.74, 6) is 0.857. The quantitative estimate of drug-likeness (QED) is 0.847. The van der Waals surface area contributed by atoms with Crippen molar-refractivity contribution < 1.29 is 9.84 Å². The molecule has 0 saturated heterocycles. The zero-order chi connectivity index (χ0) is 13.8. The Labute approximate surface area is 118 Å². The molecular formula is C14H22BrNO2. The molecule has 4 heteroatoms. The van der Waals surface area contributed by atoms with Gasteiger partial charge in [0.25, 0.3) is 0 Å². The summed E-state index contributed by atoms with van der Waals surface area (Å²) < 4.78 is 6.62. The van der Waals surface area contributed by atoms with Gasteiger partial charge in [-0.15, -0.1) is 0 Å². The van der Waals surface area contributed by atoms with Crippen LogP contribution in [0.25, 0.3) is 0 Å². The minimum atomic E-state index is -0.264. The van der Waals surface area contributed by atoms with E-state index in [0.29, 0.717) is 6.54 Å². The van der Waals surface area contributed by atoms with Gasteiger partial charge in [0.15, 0.2) is 0 Å². The van der Waals surface area contributed by atoms with Crippen LogP contribution in [0, 0.1) is 0 Å². The molecule has 0 unspecified atom stereocenters. The lowest BCUT2D eigenvalue weighted by molar-refractivity contribution is 0.187. The summed E-state index contributed by atoms with van der Waals surface area (Å²) in [4.78, 5) is 0. The Morgan fingerprint density at radius 1 is 1.39 bits per heavy atom. The molecule has 0 aliphatic carbocycles. The molecule has 0 aromatic heterocycles. The van der Waals surface area contributed by atoms with E-state index in [2.05, 4.69) is 21.2 Å². The van der Waals surface area contributed by atoms with Crippen molar-refractivity contribution in [2.75, 3.05) is 6.61 Å². The predicted octanol–water partition coefficient (Wildman–Crippen LogP) is 3.10. The summed E-state index contributed by atoms with van der Waals surface area (Å²) in [5, 5.41) is 12.5. The standard InChI is InChI=1S/C14H22BrNO2/c1-10(2)18-13-6-5-11(7-12(13)15)8-16-14(3,4)9-17/h5-7,10,16-17H,8-9H2,1-4H3. The third-order valence-electron chi connectivity index (χ3n) is 2.53. The first-order chi connectivity index (χ1) is 8.34. The van der Waals surface area contributed by atoms with Crippen LogP contribution in [-0.4, -0.2) is 23.4 Å². The highest BCUT2D eigenvalue weighted by Gasteiger charge is 2.15. The lowest BCUT2D eigenvalue weighted by Crippen LogP contribution is -2.42. The number of aliphatic hydroxyl groups excluding tert-OH is 1. The topological polar surface area (TPSA) is 41.5 Å². The first-order valence-electron chi connectivity index (χ1n) is 6.15. The molecule has 0 aliphatic rings. The molecule has 1 aromatic carbocycles. The van der Waals surface area contributed by atoms with Gasteiger partial charge in [-0.1, -0.05) is 6.07 Å². The fraction of sp³-hybridized carbons (Fsp3) is 0.571. The number of rotatable bonds is 6. The normalized spacial score (nSPS) is 11.9. The maximum absolute atomic E-state index is 9.18. The molecule has 0 saturated carbocycles. The lowest BCUT2D eigenvalue weighted by atomic mass is 10.1. The van der Waals surface area contributed by atoms with Crippen LogP contribution in [0.5, 0.6) is 5.75 Å². The van der Waals surface area contributed by atoms with E-state index in [1.165, 1.54) is 0 Å². The van der Waals surface area contributed by atoms with Crippen molar-refractivity contribution in [3.63, 3.8) is 0 Å². The Hall–Kier alpha value is -0.580. The number of ether oxygens (including phenoxy) is 1. The Balaban J connectivity index is 2.67. The Bertz CT molecular complexity index is 391. The monoisotopic (exact) mass is 315 g/mol. The van der Waals surface area contributed by atoms with Crippen LogP contribution in [0.3, 0.4) is 0 Å². The molecule has 0 atom stereocenters. The average Bonchev–Trinajstić information content (AvgIpc) is 2.29. The predicted molar refractivity (Wildman–Crippen MR) is 77.9 cm³/mol. The van der Waals surface area contributed by atoms with Crippen molar-refractivity contribution in [3.8, 4) is 5.75 Å². The van der Waals surface area contributed by atoms with Gasteiger partial charge < -0.3 is 15.2 Å². The molecule has 0 heterocycles. The minimum absolute atomic E-state index is 0.114. The van der Waals surface area contributed by atoms with Gasteiger partial charge in [0.1, 0.15) is 5.75 Å². The van der Waals surface area contributed by atoms with E-state index in [0.717, 1.165) is 15.8 Å². The first kappa shape index (κ1) is 15.5. The number of nitrogens with one attached hydrogen (secondary N) is 1. The second-order valence-electron chi connectivity index (χ2n) is 5.33. The van der Waals surface area contributed by atoms with Gasteiger partial charge in [0, 0.05) is 12.1 Å². The highest BCUT2D eigenvalue weighted by molar-refractivity contribution is 9.10. The van der Waals surface area contributed by atoms with E-state index < -0.39 is 0 Å². The molecule has 3 nitrogen and oxygen atoms in total. The molecule has 1 aromatic rings. The highest BCUT2D eigenvalue weighted by Crippen LogP contribution is 2.27. The average molecular weight is 316 g/mol. The lowest BCUT2D eigenvalue weighted by Gasteiger charge is -2.23. The molecule has 0 fully saturated rings. The van der Waals surface area contributed by atoms with Gasteiger partial charge in [-0.2, -0.15) is 0 Å². The van der Waals surface area contributed by atoms with Gasteiger partial charge in [-0.05, 0) is 61.3 Å². The van der Waals surface area contributed by atoms with Crippen molar-refractivity contribution in [3.05, 3.63) is 28.2 Å². The Morgan fingerprint density at radius 2 is 2.06 bits per heavy atom. The van der Waals surface area contributed by atoms with Crippen LogP contribution in [0.4, 0.5) is 0 Å². The summed E-state index contributed by atoms with van der Waals surface area (Å²) in [7, 11) is 0. The van der Waals surface area contributed by atoms with Crippen molar-refractivity contribution >= 4 is 15.9 Å². The van der Waals surface area contributed by atoms with E-state index in [4.69, 9.17) is 4.74 Å². The van der Waals surface area contributed by atoms with E-state index in [9.17, 15) is 5.11 Å². The maximum Gasteiger partial charge on any atom is 0.133 e. The molecule has 0 radical (unpaired) electrons. The van der Waals surface area contributed by atoms with E-state index in [1.54, 1.807) is 0 Å².